The molecule has 0 radical (unpaired) electrons. The lowest BCUT2D eigenvalue weighted by atomic mass is 9.89. The Morgan fingerprint density at radius 1 is 0.329 bits per heavy atom. The van der Waals surface area contributed by atoms with E-state index in [1.165, 1.54) is 123 Å². The summed E-state index contributed by atoms with van der Waals surface area (Å²) in [6.45, 7) is 2.48. The summed E-state index contributed by atoms with van der Waals surface area (Å²) in [6, 6.07) is 28.5. The molecular formula is C46H26Br2F12O12S4. The number of fused-ring (bicyclic) bond motifs is 4. The summed E-state index contributed by atoms with van der Waals surface area (Å²) in [4.78, 5) is 0. The second-order valence-corrected chi connectivity index (χ2v) is 23.6. The second kappa shape index (κ2) is 20.1. The quantitative estimate of drug-likeness (QED) is 0.0721. The van der Waals surface area contributed by atoms with E-state index in [1.807, 2.05) is 0 Å². The Hall–Kier alpha value is -6.08. The van der Waals surface area contributed by atoms with E-state index in [-0.39, 0.29) is 41.6 Å². The third-order valence-electron chi connectivity index (χ3n) is 10.7. The summed E-state index contributed by atoms with van der Waals surface area (Å²) in [5, 5.41) is 1.45. The summed E-state index contributed by atoms with van der Waals surface area (Å²) >= 11 is 5.96. The maximum absolute atomic E-state index is 13.3. The van der Waals surface area contributed by atoms with E-state index in [0.717, 1.165) is 0 Å². The molecular weight excluding hydrogens is 1260 g/mol. The van der Waals surface area contributed by atoms with Gasteiger partial charge in [0.2, 0.25) is 0 Å². The van der Waals surface area contributed by atoms with Crippen LogP contribution in [0, 0.1) is 13.8 Å². The minimum Gasteiger partial charge on any atom is -0.375 e. The summed E-state index contributed by atoms with van der Waals surface area (Å²) in [7, 11) is -25.1. The molecule has 12 nitrogen and oxygen atoms in total. The number of benzene rings is 8. The van der Waals surface area contributed by atoms with Crippen molar-refractivity contribution in [3.05, 3.63) is 141 Å². The molecule has 0 atom stereocenters. The zero-order valence-corrected chi connectivity index (χ0v) is 43.8. The maximum atomic E-state index is 13.3. The fraction of sp³-hybridized carbons (Fsp3) is 0.130. The first-order valence-electron chi connectivity index (χ1n) is 20.4. The lowest BCUT2D eigenvalue weighted by Crippen LogP contribution is -2.29. The maximum Gasteiger partial charge on any atom is 0.534 e. The molecule has 0 spiro atoms. The monoisotopic (exact) mass is 1280 g/mol. The van der Waals surface area contributed by atoms with Crippen LogP contribution in [0.25, 0.3) is 65.3 Å². The van der Waals surface area contributed by atoms with E-state index in [0.29, 0.717) is 21.5 Å². The van der Waals surface area contributed by atoms with Crippen LogP contribution < -0.4 is 16.7 Å². The molecule has 0 aliphatic heterocycles. The van der Waals surface area contributed by atoms with Gasteiger partial charge in [-0.15, -0.1) is 0 Å². The van der Waals surface area contributed by atoms with Crippen molar-refractivity contribution in [3.8, 4) is 45.3 Å². The minimum absolute atomic E-state index is 0.0144. The number of aryl methyl sites for hydroxylation is 2. The van der Waals surface area contributed by atoms with Gasteiger partial charge in [0.05, 0.1) is 8.95 Å². The Bertz CT molecular complexity index is 3600. The summed E-state index contributed by atoms with van der Waals surface area (Å²) in [6.07, 6.45) is 0. The minimum atomic E-state index is -6.29. The van der Waals surface area contributed by atoms with Gasteiger partial charge in [0.1, 0.15) is 0 Å². The highest BCUT2D eigenvalue weighted by molar-refractivity contribution is 9.11. The van der Waals surface area contributed by atoms with Gasteiger partial charge in [-0.1, -0.05) is 97.1 Å². The highest BCUT2D eigenvalue weighted by atomic mass is 79.9. The third-order valence-corrected chi connectivity index (χ3v) is 15.7. The second-order valence-electron chi connectivity index (χ2n) is 15.7. The average Bonchev–Trinajstić information content (AvgIpc) is 3.29. The van der Waals surface area contributed by atoms with Gasteiger partial charge < -0.3 is 16.7 Å². The van der Waals surface area contributed by atoms with Crippen molar-refractivity contribution >= 4 is 115 Å². The Kier molecular flexibility index (Phi) is 15.2. The molecule has 0 aliphatic rings. The zero-order chi connectivity index (χ0) is 56.5. The summed E-state index contributed by atoms with van der Waals surface area (Å²) in [5.74, 6) is -3.63. The van der Waals surface area contributed by atoms with Crippen LogP contribution >= 0.6 is 31.9 Å². The lowest BCUT2D eigenvalue weighted by molar-refractivity contribution is -0.0505. The number of halogens is 14. The predicted octanol–water partition coefficient (Wildman–Crippen LogP) is 14.4. The van der Waals surface area contributed by atoms with E-state index in [9.17, 15) is 86.4 Å². The van der Waals surface area contributed by atoms with Crippen LogP contribution in [0.4, 0.5) is 52.7 Å². The third kappa shape index (κ3) is 11.0. The smallest absolute Gasteiger partial charge is 0.375 e. The lowest BCUT2D eigenvalue weighted by Gasteiger charge is -2.22. The van der Waals surface area contributed by atoms with Crippen LogP contribution in [-0.2, 0) is 40.5 Å². The van der Waals surface area contributed by atoms with Crippen LogP contribution in [0.1, 0.15) is 11.1 Å². The average molecular weight is 1290 g/mol. The van der Waals surface area contributed by atoms with Gasteiger partial charge in [-0.05, 0) is 124 Å². The Morgan fingerprint density at radius 3 is 0.763 bits per heavy atom. The number of hydrogen-bond acceptors (Lipinski definition) is 12. The number of hydrogen-bond donors (Lipinski definition) is 0. The molecule has 0 saturated carbocycles. The first-order valence-corrected chi connectivity index (χ1v) is 27.6. The van der Waals surface area contributed by atoms with Gasteiger partial charge in [-0.25, -0.2) is 0 Å². The molecule has 0 aliphatic carbocycles. The Morgan fingerprint density at radius 2 is 0.526 bits per heavy atom. The highest BCUT2D eigenvalue weighted by Crippen LogP contribution is 2.53. The fourth-order valence-electron chi connectivity index (χ4n) is 7.52. The van der Waals surface area contributed by atoms with Crippen LogP contribution in [0.3, 0.4) is 0 Å². The van der Waals surface area contributed by atoms with Crippen LogP contribution in [-0.4, -0.2) is 55.7 Å². The first kappa shape index (κ1) is 57.6. The molecule has 0 N–H and O–H groups in total. The van der Waals surface area contributed by atoms with Crippen molar-refractivity contribution in [2.24, 2.45) is 0 Å². The van der Waals surface area contributed by atoms with Gasteiger partial charge in [-0.2, -0.15) is 86.4 Å². The molecule has 8 rings (SSSR count). The van der Waals surface area contributed by atoms with Crippen molar-refractivity contribution in [1.29, 1.82) is 0 Å². The first-order chi connectivity index (χ1) is 34.9. The predicted molar refractivity (Wildman–Crippen MR) is 261 cm³/mol. The molecule has 8 aromatic carbocycles. The molecule has 0 bridgehead atoms. The number of alkyl halides is 12. The Balaban J connectivity index is 0.000000221. The molecule has 8 aromatic rings. The molecule has 0 saturated heterocycles. The largest absolute Gasteiger partial charge is 0.534 e. The molecule has 0 heterocycles. The standard InChI is InChI=1S/C24H16F6O6S2.C22H10Br2F6O6S2/c1-13-11-15-7-3-5-9-17(15)19(21(13)35-37(31,32)23(25,26)27)20-18-10-6-4-8-16(18)12-14(2)22(20)36-38(33,34)24(28,29)30;23-15-9-11-5-1-3-7-13(11)17(19(15)35-37(31,32)21(25,26)27)18-14-8-4-2-6-12(14)10-16(24)20(18)36-38(33,34)22(28,29)30/h3-12H,1-2H3;1-10H. The van der Waals surface area contributed by atoms with Crippen molar-refractivity contribution in [1.82, 2.24) is 0 Å². The molecule has 0 amide bonds. The van der Waals surface area contributed by atoms with Crippen LogP contribution in [0.5, 0.6) is 23.0 Å². The molecule has 404 valence electrons. The van der Waals surface area contributed by atoms with Gasteiger partial charge in [-0.3, -0.25) is 0 Å². The van der Waals surface area contributed by atoms with Gasteiger partial charge >= 0.3 is 62.5 Å². The summed E-state index contributed by atoms with van der Waals surface area (Å²) < 4.78 is 273. The molecule has 0 aromatic heterocycles. The highest BCUT2D eigenvalue weighted by Gasteiger charge is 2.52. The molecule has 76 heavy (non-hydrogen) atoms. The molecule has 0 unspecified atom stereocenters. The molecule has 30 heteroatoms. The van der Waals surface area contributed by atoms with E-state index < -0.39 is 108 Å². The normalized spacial score (nSPS) is 13.2. The topological polar surface area (TPSA) is 173 Å². The van der Waals surface area contributed by atoms with Crippen LogP contribution in [0.15, 0.2) is 130 Å². The van der Waals surface area contributed by atoms with E-state index in [2.05, 4.69) is 48.6 Å². The SMILES string of the molecule is Cc1cc2ccccc2c(-c2c(OS(=O)(=O)C(F)(F)F)c(C)cc3ccccc23)c1OS(=O)(=O)C(F)(F)F.O=S(=O)(Oc1c(Br)cc2ccccc2c1-c1c(OS(=O)(=O)C(F)(F)F)c(Br)cc2ccccc12)C(F)(F)F. The van der Waals surface area contributed by atoms with Gasteiger partial charge in [0, 0.05) is 22.3 Å². The van der Waals surface area contributed by atoms with Crippen molar-refractivity contribution < 1.29 is 103 Å². The van der Waals surface area contributed by atoms with Gasteiger partial charge in [0.25, 0.3) is 0 Å². The van der Waals surface area contributed by atoms with Crippen LogP contribution in [0.2, 0.25) is 0 Å². The van der Waals surface area contributed by atoms with E-state index >= 15 is 0 Å². The van der Waals surface area contributed by atoms with Gasteiger partial charge in [0.15, 0.2) is 23.0 Å². The van der Waals surface area contributed by atoms with Crippen molar-refractivity contribution in [2.75, 3.05) is 0 Å². The van der Waals surface area contributed by atoms with E-state index in [4.69, 9.17) is 0 Å². The fourth-order valence-corrected chi connectivity index (χ4v) is 10.8. The van der Waals surface area contributed by atoms with E-state index in [1.54, 1.807) is 12.1 Å². The summed E-state index contributed by atoms with van der Waals surface area (Å²) in [5.41, 5.74) is -25.4. The number of rotatable bonds is 10. The van der Waals surface area contributed by atoms with Crippen molar-refractivity contribution in [3.63, 3.8) is 0 Å². The molecule has 0 fully saturated rings. The zero-order valence-electron chi connectivity index (χ0n) is 37.4. The van der Waals surface area contributed by atoms with Crippen molar-refractivity contribution in [2.45, 2.75) is 35.9 Å². The Labute approximate surface area is 438 Å².